The van der Waals surface area contributed by atoms with Gasteiger partial charge in [-0.05, 0) is 50.8 Å². The Morgan fingerprint density at radius 1 is 1.17 bits per heavy atom. The molecule has 3 fully saturated rings. The number of nitrogens with one attached hydrogen (secondary N) is 2. The van der Waals surface area contributed by atoms with E-state index in [4.69, 9.17) is 5.10 Å². The number of amides is 3. The molecule has 30 heavy (non-hydrogen) atoms. The fraction of sp³-hybridized carbons (Fsp3) is 0.591. The van der Waals surface area contributed by atoms with Crippen molar-refractivity contribution >= 4 is 28.5 Å². The third kappa shape index (κ3) is 3.70. The van der Waals surface area contributed by atoms with E-state index in [0.29, 0.717) is 25.0 Å². The Morgan fingerprint density at radius 3 is 2.73 bits per heavy atom. The molecule has 8 heteroatoms. The van der Waals surface area contributed by atoms with E-state index in [0.717, 1.165) is 55.0 Å². The van der Waals surface area contributed by atoms with Crippen LogP contribution in [-0.4, -0.2) is 65.4 Å². The molecule has 5 rings (SSSR count). The quantitative estimate of drug-likeness (QED) is 0.807. The summed E-state index contributed by atoms with van der Waals surface area (Å²) in [6.45, 7) is 7.22. The monoisotopic (exact) mass is 410 g/mol. The summed E-state index contributed by atoms with van der Waals surface area (Å²) in [5, 5.41) is 11.7. The van der Waals surface area contributed by atoms with Crippen molar-refractivity contribution in [2.45, 2.75) is 44.7 Å². The molecule has 1 aromatic carbocycles. The third-order valence-corrected chi connectivity index (χ3v) is 6.82. The van der Waals surface area contributed by atoms with Crippen LogP contribution in [0.3, 0.4) is 0 Å². The molecule has 0 spiro atoms. The van der Waals surface area contributed by atoms with Crippen LogP contribution in [0.15, 0.2) is 24.4 Å². The highest BCUT2D eigenvalue weighted by Crippen LogP contribution is 2.32. The average molecular weight is 411 g/mol. The lowest BCUT2D eigenvalue weighted by atomic mass is 10.0. The van der Waals surface area contributed by atoms with Crippen LogP contribution in [0.2, 0.25) is 0 Å². The lowest BCUT2D eigenvalue weighted by molar-refractivity contribution is -0.120. The number of rotatable bonds is 4. The number of benzene rings is 1. The molecule has 2 N–H and O–H groups in total. The Labute approximate surface area is 176 Å². The smallest absolute Gasteiger partial charge is 0.314 e. The first-order chi connectivity index (χ1) is 14.6. The molecule has 4 heterocycles. The van der Waals surface area contributed by atoms with Crippen molar-refractivity contribution < 1.29 is 9.59 Å². The van der Waals surface area contributed by atoms with Crippen molar-refractivity contribution in [1.82, 2.24) is 25.3 Å². The van der Waals surface area contributed by atoms with Gasteiger partial charge in [-0.3, -0.25) is 19.7 Å². The molecule has 0 radical (unpaired) electrons. The molecule has 0 bridgehead atoms. The number of imide groups is 1. The average Bonchev–Trinajstić information content (AvgIpc) is 3.35. The summed E-state index contributed by atoms with van der Waals surface area (Å²) in [5.74, 6) is 0.556. The second-order valence-electron chi connectivity index (χ2n) is 9.00. The van der Waals surface area contributed by atoms with Crippen molar-refractivity contribution in [3.8, 4) is 0 Å². The van der Waals surface area contributed by atoms with Crippen LogP contribution < -0.4 is 15.5 Å². The van der Waals surface area contributed by atoms with E-state index in [9.17, 15) is 9.59 Å². The summed E-state index contributed by atoms with van der Waals surface area (Å²) in [5.41, 5.74) is 1.88. The second kappa shape index (κ2) is 8.00. The molecule has 3 amide bonds. The number of fused-ring (bicyclic) bond motifs is 1. The molecule has 3 saturated heterocycles. The van der Waals surface area contributed by atoms with Crippen LogP contribution in [0.4, 0.5) is 10.5 Å². The number of carbonyl (C=O) groups is 2. The van der Waals surface area contributed by atoms with Crippen LogP contribution in [0.5, 0.6) is 0 Å². The standard InChI is InChI=1S/C22H30N6O2/c1-15-11-16(12-23-15)14-26-8-5-17(6-9-26)28-20-4-2-3-19(18(20)13-24-28)27-10-7-21(29)25-22(27)30/h2-4,13,15-17,23H,5-12,14H2,1H3,(H,25,29,30). The SMILES string of the molecule is CC1CC(CN2CCC(n3ncc4c(N5CCC(=O)NC5=O)cccc43)CC2)CN1. The van der Waals surface area contributed by atoms with Crippen molar-refractivity contribution in [2.24, 2.45) is 5.92 Å². The molecule has 1 aromatic heterocycles. The van der Waals surface area contributed by atoms with Crippen LogP contribution in [0, 0.1) is 5.92 Å². The van der Waals surface area contributed by atoms with Gasteiger partial charge in [0, 0.05) is 44.0 Å². The summed E-state index contributed by atoms with van der Waals surface area (Å²) in [6.07, 6.45) is 5.66. The molecule has 3 aliphatic heterocycles. The maximum atomic E-state index is 12.3. The molecule has 8 nitrogen and oxygen atoms in total. The van der Waals surface area contributed by atoms with Gasteiger partial charge in [0.1, 0.15) is 0 Å². The molecular weight excluding hydrogens is 380 g/mol. The molecule has 0 saturated carbocycles. The topological polar surface area (TPSA) is 82.5 Å². The Morgan fingerprint density at radius 2 is 2.00 bits per heavy atom. The van der Waals surface area contributed by atoms with Gasteiger partial charge in [-0.25, -0.2) is 4.79 Å². The molecule has 2 atom stereocenters. The third-order valence-electron chi connectivity index (χ3n) is 6.82. The second-order valence-corrected chi connectivity index (χ2v) is 9.00. The zero-order valence-corrected chi connectivity index (χ0v) is 17.5. The van der Waals surface area contributed by atoms with E-state index in [-0.39, 0.29) is 11.9 Å². The first kappa shape index (κ1) is 19.5. The largest absolute Gasteiger partial charge is 0.328 e. The highest BCUT2D eigenvalue weighted by atomic mass is 16.2. The van der Waals surface area contributed by atoms with E-state index in [1.807, 2.05) is 18.3 Å². The minimum Gasteiger partial charge on any atom is -0.314 e. The maximum Gasteiger partial charge on any atom is 0.328 e. The van der Waals surface area contributed by atoms with Gasteiger partial charge in [-0.1, -0.05) is 6.07 Å². The summed E-state index contributed by atoms with van der Waals surface area (Å²) < 4.78 is 2.14. The Hall–Kier alpha value is -2.45. The first-order valence-corrected chi connectivity index (χ1v) is 11.1. The lowest BCUT2D eigenvalue weighted by Crippen LogP contribution is -2.49. The highest BCUT2D eigenvalue weighted by Gasteiger charge is 2.29. The molecule has 2 aromatic rings. The van der Waals surface area contributed by atoms with Gasteiger partial charge in [0.2, 0.25) is 5.91 Å². The van der Waals surface area contributed by atoms with E-state index in [1.165, 1.54) is 13.0 Å². The number of piperidine rings is 1. The number of nitrogens with zero attached hydrogens (tertiary/aromatic N) is 4. The van der Waals surface area contributed by atoms with Crippen LogP contribution >= 0.6 is 0 Å². The highest BCUT2D eigenvalue weighted by molar-refractivity contribution is 6.09. The first-order valence-electron chi connectivity index (χ1n) is 11.1. The fourth-order valence-corrected chi connectivity index (χ4v) is 5.26. The van der Waals surface area contributed by atoms with E-state index >= 15 is 0 Å². The van der Waals surface area contributed by atoms with Crippen LogP contribution in [0.1, 0.15) is 38.6 Å². The maximum absolute atomic E-state index is 12.3. The molecule has 2 unspecified atom stereocenters. The Bertz CT molecular complexity index is 948. The molecular formula is C22H30N6O2. The summed E-state index contributed by atoms with van der Waals surface area (Å²) in [6, 6.07) is 6.67. The van der Waals surface area contributed by atoms with Gasteiger partial charge in [-0.15, -0.1) is 0 Å². The number of hydrogen-bond donors (Lipinski definition) is 2. The Kier molecular flexibility index (Phi) is 5.20. The summed E-state index contributed by atoms with van der Waals surface area (Å²) >= 11 is 0. The van der Waals surface area contributed by atoms with E-state index in [2.05, 4.69) is 33.2 Å². The number of likely N-dealkylation sites (tertiary alicyclic amines) is 1. The molecule has 3 aliphatic rings. The van der Waals surface area contributed by atoms with Gasteiger partial charge in [-0.2, -0.15) is 5.10 Å². The summed E-state index contributed by atoms with van der Waals surface area (Å²) in [7, 11) is 0. The van der Waals surface area contributed by atoms with Crippen LogP contribution in [-0.2, 0) is 4.79 Å². The van der Waals surface area contributed by atoms with Gasteiger partial charge >= 0.3 is 6.03 Å². The summed E-state index contributed by atoms with van der Waals surface area (Å²) in [4.78, 5) is 28.1. The predicted molar refractivity (Wildman–Crippen MR) is 116 cm³/mol. The predicted octanol–water partition coefficient (Wildman–Crippen LogP) is 2.12. The van der Waals surface area contributed by atoms with Crippen molar-refractivity contribution in [1.29, 1.82) is 0 Å². The number of urea groups is 1. The van der Waals surface area contributed by atoms with Crippen molar-refractivity contribution in [3.05, 3.63) is 24.4 Å². The molecule has 0 aliphatic carbocycles. The van der Waals surface area contributed by atoms with E-state index in [1.54, 1.807) is 4.90 Å². The lowest BCUT2D eigenvalue weighted by Gasteiger charge is -2.33. The van der Waals surface area contributed by atoms with Gasteiger partial charge in [0.25, 0.3) is 0 Å². The zero-order chi connectivity index (χ0) is 20.7. The van der Waals surface area contributed by atoms with E-state index < -0.39 is 0 Å². The van der Waals surface area contributed by atoms with Gasteiger partial charge < -0.3 is 10.2 Å². The number of anilines is 1. The fourth-order valence-electron chi connectivity index (χ4n) is 5.26. The Balaban J connectivity index is 1.29. The number of aromatic nitrogens is 2. The molecule has 160 valence electrons. The van der Waals surface area contributed by atoms with Crippen molar-refractivity contribution in [2.75, 3.05) is 37.6 Å². The van der Waals surface area contributed by atoms with Crippen molar-refractivity contribution in [3.63, 3.8) is 0 Å². The van der Waals surface area contributed by atoms with Crippen LogP contribution in [0.25, 0.3) is 10.9 Å². The number of hydrogen-bond acceptors (Lipinski definition) is 5. The number of carbonyl (C=O) groups excluding carboxylic acids is 2. The van der Waals surface area contributed by atoms with Gasteiger partial charge in [0.15, 0.2) is 0 Å². The normalized spacial score (nSPS) is 26.5. The van der Waals surface area contributed by atoms with Gasteiger partial charge in [0.05, 0.1) is 23.4 Å². The minimum atomic E-state index is -0.351. The zero-order valence-electron chi connectivity index (χ0n) is 17.5. The minimum absolute atomic E-state index is 0.214.